The fourth-order valence-corrected chi connectivity index (χ4v) is 1.70. The maximum atomic E-state index is 4.51. The Morgan fingerprint density at radius 2 is 2.38 bits per heavy atom. The summed E-state index contributed by atoms with van der Waals surface area (Å²) in [4.78, 5) is 5.84. The predicted octanol–water partition coefficient (Wildman–Crippen LogP) is -0.144. The highest BCUT2D eigenvalue weighted by molar-refractivity contribution is 5.38. The molecule has 3 nitrogen and oxygen atoms in total. The van der Waals surface area contributed by atoms with Crippen molar-refractivity contribution in [2.24, 2.45) is 0 Å². The number of nitrogens with one attached hydrogen (secondary N) is 2. The summed E-state index contributed by atoms with van der Waals surface area (Å²) in [6, 6.07) is 4.18. The molecule has 0 fully saturated rings. The van der Waals surface area contributed by atoms with Gasteiger partial charge in [-0.3, -0.25) is 0 Å². The molecule has 2 rings (SSSR count). The zero-order chi connectivity index (χ0) is 9.26. The first-order chi connectivity index (χ1) is 6.29. The van der Waals surface area contributed by atoms with Crippen LogP contribution >= 0.6 is 0 Å². The van der Waals surface area contributed by atoms with Gasteiger partial charge in [0, 0.05) is 19.0 Å². The average molecular weight is 177 g/mol. The molecule has 1 unspecified atom stereocenters. The van der Waals surface area contributed by atoms with E-state index in [0.717, 1.165) is 25.3 Å². The van der Waals surface area contributed by atoms with Crippen molar-refractivity contribution in [2.45, 2.75) is 13.0 Å². The van der Waals surface area contributed by atoms with Gasteiger partial charge < -0.3 is 10.2 Å². The van der Waals surface area contributed by atoms with Gasteiger partial charge >= 0.3 is 0 Å². The van der Waals surface area contributed by atoms with Gasteiger partial charge in [0.2, 0.25) is 0 Å². The second kappa shape index (κ2) is 3.34. The average Bonchev–Trinajstić information content (AvgIpc) is 2.17. The minimum absolute atomic E-state index is 0.964. The number of nitrogens with zero attached hydrogens (tertiary/aromatic N) is 1. The first-order valence-corrected chi connectivity index (χ1v) is 4.63. The summed E-state index contributed by atoms with van der Waals surface area (Å²) in [5, 5.41) is 3.05. The van der Waals surface area contributed by atoms with E-state index in [-0.39, 0.29) is 0 Å². The topological polar surface area (TPSA) is 29.4 Å². The van der Waals surface area contributed by atoms with Gasteiger partial charge in [-0.2, -0.15) is 7.05 Å². The second-order valence-corrected chi connectivity index (χ2v) is 3.48. The van der Waals surface area contributed by atoms with Gasteiger partial charge in [-0.1, -0.05) is 0 Å². The number of quaternary nitrogens is 1. The van der Waals surface area contributed by atoms with Crippen LogP contribution in [0.4, 0.5) is 5.82 Å². The molecule has 0 spiro atoms. The highest BCUT2D eigenvalue weighted by Gasteiger charge is 2.14. The van der Waals surface area contributed by atoms with E-state index in [2.05, 4.69) is 23.4 Å². The van der Waals surface area contributed by atoms with Gasteiger partial charge in [0.25, 0.3) is 0 Å². The zero-order valence-corrected chi connectivity index (χ0v) is 7.93. The summed E-state index contributed by atoms with van der Waals surface area (Å²) in [5.41, 5.74) is 2.58. The minimum atomic E-state index is 0.964. The van der Waals surface area contributed by atoms with Crippen molar-refractivity contribution in [3.8, 4) is 0 Å². The van der Waals surface area contributed by atoms with E-state index in [0.29, 0.717) is 0 Å². The molecule has 0 amide bonds. The molecule has 0 aliphatic carbocycles. The number of rotatable bonds is 1. The SMILES string of the molecule is [CH2-][NH+]1CCc2nc(NC)ccc2C1. The van der Waals surface area contributed by atoms with Crippen LogP contribution in [-0.2, 0) is 13.0 Å². The Morgan fingerprint density at radius 1 is 1.54 bits per heavy atom. The lowest BCUT2D eigenvalue weighted by Crippen LogP contribution is -3.06. The lowest BCUT2D eigenvalue weighted by Gasteiger charge is -2.27. The number of aromatic nitrogens is 1. The largest absolute Gasteiger partial charge is 0.464 e. The minimum Gasteiger partial charge on any atom is -0.464 e. The van der Waals surface area contributed by atoms with Crippen molar-refractivity contribution in [1.29, 1.82) is 0 Å². The maximum Gasteiger partial charge on any atom is 0.125 e. The number of hydrogen-bond acceptors (Lipinski definition) is 2. The summed E-state index contributed by atoms with van der Waals surface area (Å²) in [6.45, 7) is 2.10. The Morgan fingerprint density at radius 3 is 3.15 bits per heavy atom. The van der Waals surface area contributed by atoms with Gasteiger partial charge in [0.1, 0.15) is 5.82 Å². The number of hydrogen-bond donors (Lipinski definition) is 2. The highest BCUT2D eigenvalue weighted by atomic mass is 15.1. The standard InChI is InChI=1S/C10H15N3/c1-11-10-4-3-8-7-13(2)6-5-9(8)12-10/h3-4,13H,2,5-7H2,1H3,(H,11,12). The number of pyridine rings is 1. The van der Waals surface area contributed by atoms with E-state index in [1.54, 1.807) is 0 Å². The normalized spacial score (nSPS) is 20.9. The van der Waals surface area contributed by atoms with Crippen LogP contribution in [0.25, 0.3) is 0 Å². The number of fused-ring (bicyclic) bond motifs is 1. The molecule has 1 aliphatic rings. The molecule has 2 heterocycles. The molecule has 0 saturated heterocycles. The Balaban J connectivity index is 2.31. The molecule has 2 N–H and O–H groups in total. The molecule has 70 valence electrons. The summed E-state index contributed by atoms with van der Waals surface area (Å²) < 4.78 is 0. The van der Waals surface area contributed by atoms with Crippen LogP contribution in [0, 0.1) is 7.05 Å². The fraction of sp³-hybridized carbons (Fsp3) is 0.400. The van der Waals surface area contributed by atoms with Gasteiger partial charge in [0.05, 0.1) is 18.8 Å². The van der Waals surface area contributed by atoms with E-state index in [1.165, 1.54) is 16.2 Å². The van der Waals surface area contributed by atoms with Gasteiger partial charge in [-0.05, 0) is 12.1 Å². The summed E-state index contributed by atoms with van der Waals surface area (Å²) in [7, 11) is 5.91. The first-order valence-electron chi connectivity index (χ1n) is 4.63. The molecule has 1 aromatic rings. The zero-order valence-electron chi connectivity index (χ0n) is 7.93. The number of anilines is 1. The molecule has 3 heteroatoms. The van der Waals surface area contributed by atoms with Crippen molar-refractivity contribution < 1.29 is 4.90 Å². The highest BCUT2D eigenvalue weighted by Crippen LogP contribution is 2.12. The monoisotopic (exact) mass is 177 g/mol. The van der Waals surface area contributed by atoms with Crippen LogP contribution in [0.2, 0.25) is 0 Å². The van der Waals surface area contributed by atoms with Crippen molar-refractivity contribution in [3.63, 3.8) is 0 Å². The molecule has 0 saturated carbocycles. The Labute approximate surface area is 78.8 Å². The molecule has 0 bridgehead atoms. The molecule has 0 radical (unpaired) electrons. The molecule has 0 aromatic carbocycles. The summed E-state index contributed by atoms with van der Waals surface area (Å²) in [5.74, 6) is 0.964. The van der Waals surface area contributed by atoms with Gasteiger partial charge in [-0.25, -0.2) is 4.98 Å². The van der Waals surface area contributed by atoms with E-state index in [1.807, 2.05) is 13.1 Å². The Kier molecular flexibility index (Phi) is 2.19. The first kappa shape index (κ1) is 8.51. The molecule has 1 aromatic heterocycles. The fourth-order valence-electron chi connectivity index (χ4n) is 1.70. The molecular weight excluding hydrogens is 162 g/mol. The van der Waals surface area contributed by atoms with E-state index >= 15 is 0 Å². The summed E-state index contributed by atoms with van der Waals surface area (Å²) >= 11 is 0. The quantitative estimate of drug-likeness (QED) is 0.584. The van der Waals surface area contributed by atoms with Gasteiger partial charge in [-0.15, -0.1) is 0 Å². The van der Waals surface area contributed by atoms with Crippen LogP contribution in [0.15, 0.2) is 12.1 Å². The lowest BCUT2D eigenvalue weighted by molar-refractivity contribution is -0.870. The molecule has 1 atom stereocenters. The third-order valence-electron chi connectivity index (χ3n) is 2.48. The Hall–Kier alpha value is -1.09. The predicted molar refractivity (Wildman–Crippen MR) is 52.4 cm³/mol. The van der Waals surface area contributed by atoms with Crippen LogP contribution in [-0.4, -0.2) is 18.6 Å². The van der Waals surface area contributed by atoms with Crippen LogP contribution in [0.5, 0.6) is 0 Å². The van der Waals surface area contributed by atoms with Gasteiger partial charge in [0.15, 0.2) is 0 Å². The van der Waals surface area contributed by atoms with Crippen molar-refractivity contribution >= 4 is 5.82 Å². The summed E-state index contributed by atoms with van der Waals surface area (Å²) in [6.07, 6.45) is 1.05. The maximum absolute atomic E-state index is 4.51. The third-order valence-corrected chi connectivity index (χ3v) is 2.48. The lowest BCUT2D eigenvalue weighted by atomic mass is 10.1. The van der Waals surface area contributed by atoms with Crippen LogP contribution in [0.3, 0.4) is 0 Å². The van der Waals surface area contributed by atoms with Crippen LogP contribution in [0.1, 0.15) is 11.3 Å². The molecule has 1 aliphatic heterocycles. The van der Waals surface area contributed by atoms with E-state index in [9.17, 15) is 0 Å². The van der Waals surface area contributed by atoms with Crippen LogP contribution < -0.4 is 10.2 Å². The van der Waals surface area contributed by atoms with E-state index < -0.39 is 0 Å². The Bertz CT molecular complexity index is 309. The molecule has 13 heavy (non-hydrogen) atoms. The van der Waals surface area contributed by atoms with Crippen molar-refractivity contribution in [3.05, 3.63) is 30.4 Å². The van der Waals surface area contributed by atoms with Crippen molar-refractivity contribution in [2.75, 3.05) is 18.9 Å². The third kappa shape index (κ3) is 1.65. The van der Waals surface area contributed by atoms with Crippen molar-refractivity contribution in [1.82, 2.24) is 4.98 Å². The smallest absolute Gasteiger partial charge is 0.125 e. The second-order valence-electron chi connectivity index (χ2n) is 3.48. The van der Waals surface area contributed by atoms with E-state index in [4.69, 9.17) is 0 Å². The molecular formula is C10H15N3.